The Hall–Kier alpha value is -1.77. The summed E-state index contributed by atoms with van der Waals surface area (Å²) in [4.78, 5) is 25.7. The first-order valence-corrected chi connectivity index (χ1v) is 6.95. The second kappa shape index (κ2) is 8.02. The average Bonchev–Trinajstić information content (AvgIpc) is 2.29. The molecule has 0 heterocycles. The van der Waals surface area contributed by atoms with E-state index >= 15 is 0 Å². The number of nitriles is 1. The Kier molecular flexibility index (Phi) is 8.21. The fourth-order valence-corrected chi connectivity index (χ4v) is 1.56. The third-order valence-corrected chi connectivity index (χ3v) is 2.89. The molecule has 1 N–H and O–H groups in total. The Morgan fingerprint density at radius 3 is 1.95 bits per heavy atom. The summed E-state index contributed by atoms with van der Waals surface area (Å²) in [6.45, 7) is 12.4. The molecule has 2 atom stereocenters. The molecule has 0 aliphatic heterocycles. The van der Waals surface area contributed by atoms with Gasteiger partial charge in [-0.15, -0.1) is 0 Å². The van der Waals surface area contributed by atoms with E-state index < -0.39 is 29.2 Å². The molecule has 0 aromatic rings. The molecule has 0 aliphatic rings. The van der Waals surface area contributed by atoms with Crippen LogP contribution in [0.1, 0.15) is 55.9 Å². The van der Waals surface area contributed by atoms with Crippen molar-refractivity contribution in [2.45, 2.75) is 73.6 Å². The highest BCUT2D eigenvalue weighted by Gasteiger charge is 2.36. The summed E-state index contributed by atoms with van der Waals surface area (Å²) in [6, 6.07) is 0.668. The molecule has 128 valence electrons. The first-order valence-electron chi connectivity index (χ1n) is 6.95. The zero-order chi connectivity index (χ0) is 17.0. The highest BCUT2D eigenvalue weighted by atomic mass is 16.6. The van der Waals surface area contributed by atoms with Gasteiger partial charge in [0.2, 0.25) is 5.91 Å². The SMILES string of the molecule is C.C[C@@H](C#N)N(C)C(=O)[C@@H](NC(=O)OC(C)(C)C)C(C)(C)C. The number of ether oxygens (including phenoxy) is 1. The summed E-state index contributed by atoms with van der Waals surface area (Å²) >= 11 is 0. The second-order valence-corrected chi connectivity index (χ2v) is 7.20. The van der Waals surface area contributed by atoms with Gasteiger partial charge in [0.1, 0.15) is 17.7 Å². The Morgan fingerprint density at radius 1 is 1.18 bits per heavy atom. The molecule has 0 radical (unpaired) electrons. The monoisotopic (exact) mass is 313 g/mol. The van der Waals surface area contributed by atoms with Crippen molar-refractivity contribution in [3.05, 3.63) is 0 Å². The molecule has 2 amide bonds. The minimum Gasteiger partial charge on any atom is -0.444 e. The molecule has 22 heavy (non-hydrogen) atoms. The fourth-order valence-electron chi connectivity index (χ4n) is 1.56. The lowest BCUT2D eigenvalue weighted by molar-refractivity contribution is -0.135. The predicted molar refractivity (Wildman–Crippen MR) is 87.2 cm³/mol. The maximum Gasteiger partial charge on any atom is 0.408 e. The molecule has 0 fully saturated rings. The Morgan fingerprint density at radius 2 is 1.64 bits per heavy atom. The van der Waals surface area contributed by atoms with Gasteiger partial charge in [-0.05, 0) is 33.1 Å². The van der Waals surface area contributed by atoms with Crippen LogP contribution in [0, 0.1) is 16.7 Å². The van der Waals surface area contributed by atoms with Crippen molar-refractivity contribution < 1.29 is 14.3 Å². The number of hydrogen-bond donors (Lipinski definition) is 1. The van der Waals surface area contributed by atoms with Gasteiger partial charge in [0.05, 0.1) is 6.07 Å². The van der Waals surface area contributed by atoms with Crippen LogP contribution >= 0.6 is 0 Å². The third-order valence-electron chi connectivity index (χ3n) is 2.89. The van der Waals surface area contributed by atoms with Crippen LogP contribution in [-0.4, -0.2) is 41.6 Å². The number of likely N-dealkylation sites (N-methyl/N-ethyl adjacent to an activating group) is 1. The van der Waals surface area contributed by atoms with E-state index in [1.165, 1.54) is 4.90 Å². The number of alkyl carbamates (subject to hydrolysis) is 1. The van der Waals surface area contributed by atoms with Gasteiger partial charge in [-0.3, -0.25) is 4.79 Å². The number of carbonyl (C=O) groups excluding carboxylic acids is 2. The smallest absolute Gasteiger partial charge is 0.408 e. The number of amides is 2. The van der Waals surface area contributed by atoms with Crippen molar-refractivity contribution in [2.75, 3.05) is 7.05 Å². The summed E-state index contributed by atoms with van der Waals surface area (Å²) in [6.07, 6.45) is -0.645. The zero-order valence-corrected chi connectivity index (χ0v) is 14.3. The summed E-state index contributed by atoms with van der Waals surface area (Å²) in [5.74, 6) is -0.317. The highest BCUT2D eigenvalue weighted by Crippen LogP contribution is 2.22. The number of nitrogens with one attached hydrogen (secondary N) is 1. The maximum atomic E-state index is 12.5. The van der Waals surface area contributed by atoms with Crippen LogP contribution in [0.25, 0.3) is 0 Å². The lowest BCUT2D eigenvalue weighted by Crippen LogP contribution is -2.56. The average molecular weight is 313 g/mol. The van der Waals surface area contributed by atoms with Crippen LogP contribution in [0.5, 0.6) is 0 Å². The molecule has 0 aliphatic carbocycles. The highest BCUT2D eigenvalue weighted by molar-refractivity contribution is 5.86. The van der Waals surface area contributed by atoms with E-state index in [1.54, 1.807) is 34.7 Å². The second-order valence-electron chi connectivity index (χ2n) is 7.20. The Labute approximate surface area is 134 Å². The first kappa shape index (κ1) is 22.5. The van der Waals surface area contributed by atoms with Crippen molar-refractivity contribution in [1.82, 2.24) is 10.2 Å². The largest absolute Gasteiger partial charge is 0.444 e. The van der Waals surface area contributed by atoms with Gasteiger partial charge >= 0.3 is 6.09 Å². The standard InChI is InChI=1S/C15H27N3O3.CH4/c1-10(9-16)18(8)12(19)11(14(2,3)4)17-13(20)21-15(5,6)7;/h10-11H,1-8H3,(H,17,20);1H4/t10-,11+;/m0./s1. The van der Waals surface area contributed by atoms with Crippen molar-refractivity contribution in [1.29, 1.82) is 5.26 Å². The van der Waals surface area contributed by atoms with Crippen LogP contribution in [-0.2, 0) is 9.53 Å². The molecule has 0 rings (SSSR count). The third kappa shape index (κ3) is 7.30. The number of hydrogen-bond acceptors (Lipinski definition) is 4. The van der Waals surface area contributed by atoms with Crippen molar-refractivity contribution >= 4 is 12.0 Å². The van der Waals surface area contributed by atoms with Crippen LogP contribution in [0.3, 0.4) is 0 Å². The van der Waals surface area contributed by atoms with Gasteiger partial charge in [0.25, 0.3) is 0 Å². The lowest BCUT2D eigenvalue weighted by Gasteiger charge is -2.34. The van der Waals surface area contributed by atoms with E-state index in [4.69, 9.17) is 10.00 Å². The van der Waals surface area contributed by atoms with Gasteiger partial charge in [0.15, 0.2) is 0 Å². The minimum atomic E-state index is -0.770. The summed E-state index contributed by atoms with van der Waals surface area (Å²) in [5, 5.41) is 11.5. The van der Waals surface area contributed by atoms with Crippen LogP contribution < -0.4 is 5.32 Å². The molecule has 6 nitrogen and oxygen atoms in total. The molecular formula is C16H31N3O3. The van der Waals surface area contributed by atoms with Gasteiger partial charge in [0, 0.05) is 7.05 Å². The fraction of sp³-hybridized carbons (Fsp3) is 0.812. The van der Waals surface area contributed by atoms with Crippen LogP contribution in [0.15, 0.2) is 0 Å². The summed E-state index contributed by atoms with van der Waals surface area (Å²) in [5.41, 5.74) is -1.14. The number of nitrogens with zero attached hydrogens (tertiary/aromatic N) is 2. The molecule has 0 saturated carbocycles. The first-order chi connectivity index (χ1) is 9.29. The van der Waals surface area contributed by atoms with Crippen LogP contribution in [0.2, 0.25) is 0 Å². The molecule has 6 heteroatoms. The van der Waals surface area contributed by atoms with Crippen molar-refractivity contribution in [2.24, 2.45) is 5.41 Å². The maximum absolute atomic E-state index is 12.5. The van der Waals surface area contributed by atoms with Crippen molar-refractivity contribution in [3.8, 4) is 6.07 Å². The van der Waals surface area contributed by atoms with E-state index in [1.807, 2.05) is 26.8 Å². The molecule has 0 spiro atoms. The Balaban J connectivity index is 0. The predicted octanol–water partition coefficient (Wildman–Crippen LogP) is 2.93. The normalized spacial score (nSPS) is 14.0. The van der Waals surface area contributed by atoms with Crippen LogP contribution in [0.4, 0.5) is 4.79 Å². The van der Waals surface area contributed by atoms with Crippen molar-refractivity contribution in [3.63, 3.8) is 0 Å². The lowest BCUT2D eigenvalue weighted by atomic mass is 9.85. The molecule has 0 aromatic heterocycles. The number of rotatable bonds is 3. The molecule has 0 bridgehead atoms. The van der Waals surface area contributed by atoms with Gasteiger partial charge in [-0.1, -0.05) is 28.2 Å². The Bertz CT molecular complexity index is 427. The summed E-state index contributed by atoms with van der Waals surface area (Å²) < 4.78 is 5.19. The summed E-state index contributed by atoms with van der Waals surface area (Å²) in [7, 11) is 1.55. The van der Waals surface area contributed by atoms with Gasteiger partial charge in [-0.25, -0.2) is 4.79 Å². The van der Waals surface area contributed by atoms with E-state index in [9.17, 15) is 9.59 Å². The van der Waals surface area contributed by atoms with E-state index in [0.717, 1.165) is 0 Å². The van der Waals surface area contributed by atoms with Gasteiger partial charge < -0.3 is 15.0 Å². The minimum absolute atomic E-state index is 0. The zero-order valence-electron chi connectivity index (χ0n) is 14.3. The molecular weight excluding hydrogens is 282 g/mol. The van der Waals surface area contributed by atoms with E-state index in [-0.39, 0.29) is 13.3 Å². The van der Waals surface area contributed by atoms with Gasteiger partial charge in [-0.2, -0.15) is 5.26 Å². The molecule has 0 unspecified atom stereocenters. The topological polar surface area (TPSA) is 82.4 Å². The molecule has 0 aromatic carbocycles. The quantitative estimate of drug-likeness (QED) is 0.868. The van der Waals surface area contributed by atoms with E-state index in [0.29, 0.717) is 0 Å². The van der Waals surface area contributed by atoms with E-state index in [2.05, 4.69) is 5.32 Å². The molecule has 0 saturated heterocycles. The number of carbonyl (C=O) groups is 2.